The lowest BCUT2D eigenvalue weighted by Crippen LogP contribution is -2.52. The predicted molar refractivity (Wildman–Crippen MR) is 145 cm³/mol. The number of hydrogen-bond acceptors (Lipinski definition) is 11. The lowest BCUT2D eigenvalue weighted by molar-refractivity contribution is 0.0980. The number of piperazine rings is 1. The van der Waals surface area contributed by atoms with E-state index in [1.807, 2.05) is 0 Å². The summed E-state index contributed by atoms with van der Waals surface area (Å²) in [5.74, 6) is -0.756. The van der Waals surface area contributed by atoms with Crippen LogP contribution in [0.4, 0.5) is 26.4 Å². The maximum Gasteiger partial charge on any atom is 0.227 e. The fourth-order valence-corrected chi connectivity index (χ4v) is 4.97. The summed E-state index contributed by atoms with van der Waals surface area (Å²) in [6, 6.07) is 1.78. The van der Waals surface area contributed by atoms with E-state index in [2.05, 4.69) is 47.0 Å². The van der Waals surface area contributed by atoms with Crippen molar-refractivity contribution < 1.29 is 23.0 Å². The van der Waals surface area contributed by atoms with Crippen molar-refractivity contribution in [3.8, 4) is 17.2 Å². The molecule has 0 bridgehead atoms. The van der Waals surface area contributed by atoms with Crippen LogP contribution in [0.25, 0.3) is 0 Å². The number of benzene rings is 1. The van der Waals surface area contributed by atoms with Crippen LogP contribution in [-0.2, 0) is 6.61 Å². The highest BCUT2D eigenvalue weighted by molar-refractivity contribution is 5.51. The Bertz CT molecular complexity index is 1240. The first kappa shape index (κ1) is 27.7. The predicted octanol–water partition coefficient (Wildman–Crippen LogP) is 3.10. The Kier molecular flexibility index (Phi) is 8.70. The normalized spacial score (nSPS) is 17.1. The quantitative estimate of drug-likeness (QED) is 0.421. The molecule has 0 saturated carbocycles. The SMILES string of the molecule is COc1cc(OC)c(F)c(COc2cnc(Nc3cnc(N4CCC(N5CCN(C)CC5)CC4)nc3)nc2)c1F. The zero-order valence-corrected chi connectivity index (χ0v) is 22.9. The number of anilines is 3. The van der Waals surface area contributed by atoms with E-state index in [0.29, 0.717) is 23.6 Å². The van der Waals surface area contributed by atoms with Gasteiger partial charge in [-0.3, -0.25) is 4.90 Å². The molecule has 40 heavy (non-hydrogen) atoms. The van der Waals surface area contributed by atoms with Gasteiger partial charge in [-0.15, -0.1) is 0 Å². The zero-order valence-electron chi connectivity index (χ0n) is 22.9. The third-order valence-corrected chi connectivity index (χ3v) is 7.37. The van der Waals surface area contributed by atoms with Crippen molar-refractivity contribution in [3.63, 3.8) is 0 Å². The molecule has 1 aromatic carbocycles. The van der Waals surface area contributed by atoms with Crippen molar-refractivity contribution in [1.29, 1.82) is 0 Å². The number of likely N-dealkylation sites (N-methyl/N-ethyl adjacent to an activating group) is 1. The van der Waals surface area contributed by atoms with Gasteiger partial charge < -0.3 is 29.3 Å². The lowest BCUT2D eigenvalue weighted by Gasteiger charge is -2.42. The molecule has 2 saturated heterocycles. The molecule has 0 radical (unpaired) electrons. The van der Waals surface area contributed by atoms with Crippen molar-refractivity contribution in [2.24, 2.45) is 0 Å². The van der Waals surface area contributed by atoms with Crippen LogP contribution in [0.1, 0.15) is 18.4 Å². The Morgan fingerprint density at radius 1 is 0.850 bits per heavy atom. The third-order valence-electron chi connectivity index (χ3n) is 7.37. The molecule has 1 N–H and O–H groups in total. The number of methoxy groups -OCH3 is 2. The molecule has 0 unspecified atom stereocenters. The maximum atomic E-state index is 14.6. The van der Waals surface area contributed by atoms with Gasteiger partial charge >= 0.3 is 0 Å². The molecule has 2 aromatic heterocycles. The molecule has 2 aliphatic rings. The molecule has 5 rings (SSSR count). The Morgan fingerprint density at radius 3 is 2.02 bits per heavy atom. The van der Waals surface area contributed by atoms with Crippen LogP contribution >= 0.6 is 0 Å². The van der Waals surface area contributed by atoms with Gasteiger partial charge in [0.15, 0.2) is 28.9 Å². The van der Waals surface area contributed by atoms with Crippen LogP contribution in [-0.4, -0.2) is 96.3 Å². The molecule has 11 nitrogen and oxygen atoms in total. The van der Waals surface area contributed by atoms with Crippen LogP contribution in [0.5, 0.6) is 17.2 Å². The van der Waals surface area contributed by atoms with Crippen molar-refractivity contribution in [2.45, 2.75) is 25.5 Å². The number of ether oxygens (including phenoxy) is 3. The summed E-state index contributed by atoms with van der Waals surface area (Å²) in [7, 11) is 4.76. The molecule has 0 atom stereocenters. The molecule has 2 fully saturated rings. The van der Waals surface area contributed by atoms with Gasteiger partial charge in [-0.25, -0.2) is 28.7 Å². The highest BCUT2D eigenvalue weighted by Gasteiger charge is 2.27. The maximum absolute atomic E-state index is 14.6. The zero-order chi connectivity index (χ0) is 28.1. The molecule has 2 aliphatic heterocycles. The first-order chi connectivity index (χ1) is 19.4. The van der Waals surface area contributed by atoms with Gasteiger partial charge in [0.2, 0.25) is 11.9 Å². The van der Waals surface area contributed by atoms with Crippen molar-refractivity contribution >= 4 is 17.6 Å². The minimum absolute atomic E-state index is 0.143. The number of hydrogen-bond donors (Lipinski definition) is 1. The van der Waals surface area contributed by atoms with Gasteiger partial charge in [0.25, 0.3) is 0 Å². The molecular formula is C27H34F2N8O3. The van der Waals surface area contributed by atoms with Crippen LogP contribution in [0.2, 0.25) is 0 Å². The minimum atomic E-state index is -0.858. The average Bonchev–Trinajstić information content (AvgIpc) is 2.99. The highest BCUT2D eigenvalue weighted by atomic mass is 19.1. The van der Waals surface area contributed by atoms with Gasteiger partial charge in [0.1, 0.15) is 6.61 Å². The summed E-state index contributed by atoms with van der Waals surface area (Å²) in [6.45, 7) is 6.02. The molecule has 4 heterocycles. The summed E-state index contributed by atoms with van der Waals surface area (Å²) < 4.78 is 44.5. The van der Waals surface area contributed by atoms with Crippen LogP contribution in [0, 0.1) is 11.6 Å². The standard InChI is InChI=1S/C27H34F2N8O3/c1-35-8-10-36(11-9-35)19-4-6-37(7-5-19)27-32-13-18(14-33-27)34-26-30-15-20(16-31-26)40-17-21-24(28)22(38-2)12-23(39-3)25(21)29/h12-16,19H,4-11,17H2,1-3H3,(H,30,31,34). The van der Waals surface area contributed by atoms with Gasteiger partial charge in [-0.2, -0.15) is 0 Å². The fourth-order valence-electron chi connectivity index (χ4n) is 4.97. The molecule has 3 aromatic rings. The summed E-state index contributed by atoms with van der Waals surface area (Å²) in [5.41, 5.74) is 0.316. The van der Waals surface area contributed by atoms with Crippen LogP contribution in [0.3, 0.4) is 0 Å². The molecule has 13 heteroatoms. The topological polar surface area (TPSA) is 101 Å². The number of rotatable bonds is 9. The number of nitrogens with zero attached hydrogens (tertiary/aromatic N) is 7. The van der Waals surface area contributed by atoms with Gasteiger partial charge in [0.05, 0.1) is 50.3 Å². The summed E-state index contributed by atoms with van der Waals surface area (Å²) in [6.07, 6.45) is 8.43. The number of piperidine rings is 1. The second-order valence-electron chi connectivity index (χ2n) is 9.87. The first-order valence-corrected chi connectivity index (χ1v) is 13.3. The van der Waals surface area contributed by atoms with E-state index in [0.717, 1.165) is 58.2 Å². The molecule has 0 spiro atoms. The van der Waals surface area contributed by atoms with Crippen LogP contribution in [0.15, 0.2) is 30.9 Å². The van der Waals surface area contributed by atoms with Crippen molar-refractivity contribution in [3.05, 3.63) is 48.1 Å². The second kappa shape index (κ2) is 12.6. The van der Waals surface area contributed by atoms with Crippen molar-refractivity contribution in [1.82, 2.24) is 29.7 Å². The largest absolute Gasteiger partial charge is 0.494 e. The fraction of sp³-hybridized carbons (Fsp3) is 0.481. The summed E-state index contributed by atoms with van der Waals surface area (Å²) in [4.78, 5) is 24.7. The molecular weight excluding hydrogens is 522 g/mol. The molecule has 214 valence electrons. The lowest BCUT2D eigenvalue weighted by atomic mass is 10.0. The smallest absolute Gasteiger partial charge is 0.227 e. The molecule has 0 aliphatic carbocycles. The first-order valence-electron chi connectivity index (χ1n) is 13.3. The monoisotopic (exact) mass is 556 g/mol. The number of nitrogens with one attached hydrogen (secondary N) is 1. The minimum Gasteiger partial charge on any atom is -0.494 e. The van der Waals surface area contributed by atoms with E-state index < -0.39 is 18.2 Å². The van der Waals surface area contributed by atoms with Crippen LogP contribution < -0.4 is 24.4 Å². The highest BCUT2D eigenvalue weighted by Crippen LogP contribution is 2.32. The van der Waals surface area contributed by atoms with Crippen molar-refractivity contribution in [2.75, 3.05) is 70.8 Å². The van der Waals surface area contributed by atoms with E-state index in [-0.39, 0.29) is 22.8 Å². The third kappa shape index (κ3) is 6.31. The Morgan fingerprint density at radius 2 is 1.45 bits per heavy atom. The van der Waals surface area contributed by atoms with Gasteiger partial charge in [-0.05, 0) is 19.9 Å². The van der Waals surface area contributed by atoms with E-state index in [4.69, 9.17) is 14.2 Å². The number of halogens is 2. The van der Waals surface area contributed by atoms with E-state index in [1.54, 1.807) is 12.4 Å². The van der Waals surface area contributed by atoms with E-state index in [9.17, 15) is 8.78 Å². The van der Waals surface area contributed by atoms with Gasteiger partial charge in [0, 0.05) is 51.4 Å². The Hall–Kier alpha value is -3.84. The second-order valence-corrected chi connectivity index (χ2v) is 9.87. The van der Waals surface area contributed by atoms with Gasteiger partial charge in [-0.1, -0.05) is 0 Å². The van der Waals surface area contributed by atoms with E-state index >= 15 is 0 Å². The Balaban J connectivity index is 1.13. The summed E-state index contributed by atoms with van der Waals surface area (Å²) >= 11 is 0. The number of aromatic nitrogens is 4. The Labute approximate surface area is 232 Å². The molecule has 0 amide bonds. The average molecular weight is 557 g/mol. The van der Waals surface area contributed by atoms with E-state index in [1.165, 1.54) is 26.6 Å². The summed E-state index contributed by atoms with van der Waals surface area (Å²) in [5, 5.41) is 3.05.